The number of nitrogens with zero attached hydrogens (tertiary/aromatic N) is 3. The van der Waals surface area contributed by atoms with E-state index in [-0.39, 0.29) is 12.1 Å². The molecule has 2 heterocycles. The Balaban J connectivity index is 0.00000158. The van der Waals surface area contributed by atoms with Crippen LogP contribution >= 0.6 is 0 Å². The van der Waals surface area contributed by atoms with Crippen LogP contribution in [0.25, 0.3) is 0 Å². The van der Waals surface area contributed by atoms with Crippen molar-refractivity contribution in [3.63, 3.8) is 0 Å². The van der Waals surface area contributed by atoms with E-state index in [0.717, 1.165) is 42.5 Å². The summed E-state index contributed by atoms with van der Waals surface area (Å²) in [5.41, 5.74) is 3.74. The molecular weight excluding hydrogens is 434 g/mol. The van der Waals surface area contributed by atoms with Crippen molar-refractivity contribution in [2.24, 2.45) is 0 Å². The fourth-order valence-corrected chi connectivity index (χ4v) is 4.13. The molecule has 2 aromatic carbocycles. The van der Waals surface area contributed by atoms with Gasteiger partial charge in [-0.3, -0.25) is 4.79 Å². The van der Waals surface area contributed by atoms with Gasteiger partial charge in [-0.25, -0.2) is 8.78 Å². The van der Waals surface area contributed by atoms with Gasteiger partial charge in [-0.15, -0.1) is 0 Å². The zero-order valence-electron chi connectivity index (χ0n) is 20.5. The lowest BCUT2D eigenvalue weighted by Crippen LogP contribution is -2.21. The second-order valence-corrected chi connectivity index (χ2v) is 8.37. The maximum absolute atomic E-state index is 13.8. The van der Waals surface area contributed by atoms with Crippen LogP contribution in [-0.2, 0) is 13.0 Å². The van der Waals surface area contributed by atoms with E-state index >= 15 is 0 Å². The molecule has 0 saturated carbocycles. The third kappa shape index (κ3) is 6.22. The highest BCUT2D eigenvalue weighted by Crippen LogP contribution is 2.28. The normalized spacial score (nSPS) is 12.9. The summed E-state index contributed by atoms with van der Waals surface area (Å²) in [7, 11) is 0. The minimum atomic E-state index is -0.633. The van der Waals surface area contributed by atoms with Gasteiger partial charge in [0, 0.05) is 42.3 Å². The summed E-state index contributed by atoms with van der Waals surface area (Å²) in [6.07, 6.45) is 5.49. The minimum absolute atomic E-state index is 0.186. The first kappa shape index (κ1) is 25.4. The smallest absolute Gasteiger partial charge is 0.277 e. The second kappa shape index (κ2) is 11.8. The molecule has 1 saturated heterocycles. The zero-order valence-corrected chi connectivity index (χ0v) is 20.5. The SMILES string of the molecule is CC.CCCc1cn(Cc2cc(F)cc(F)c2)c(Nc2cc(N3CCCC3)ccc2C)nc1=O. The molecule has 1 N–H and O–H groups in total. The Morgan fingerprint density at radius 1 is 1.03 bits per heavy atom. The fourth-order valence-electron chi connectivity index (χ4n) is 4.13. The largest absolute Gasteiger partial charge is 0.371 e. The van der Waals surface area contributed by atoms with Crippen molar-refractivity contribution in [3.8, 4) is 0 Å². The molecule has 34 heavy (non-hydrogen) atoms. The number of hydrogen-bond donors (Lipinski definition) is 1. The van der Waals surface area contributed by atoms with Gasteiger partial charge in [-0.1, -0.05) is 33.3 Å². The lowest BCUT2D eigenvalue weighted by molar-refractivity contribution is 0.577. The quantitative estimate of drug-likeness (QED) is 0.448. The number of halogens is 2. The van der Waals surface area contributed by atoms with Crippen molar-refractivity contribution >= 4 is 17.3 Å². The summed E-state index contributed by atoms with van der Waals surface area (Å²) in [5.74, 6) is -0.917. The topological polar surface area (TPSA) is 50.2 Å². The number of nitrogens with one attached hydrogen (secondary N) is 1. The van der Waals surface area contributed by atoms with Crippen molar-refractivity contribution in [2.45, 2.75) is 59.9 Å². The van der Waals surface area contributed by atoms with Gasteiger partial charge in [0.05, 0.1) is 6.54 Å². The van der Waals surface area contributed by atoms with Gasteiger partial charge in [-0.2, -0.15) is 4.98 Å². The molecule has 1 fully saturated rings. The first-order valence-electron chi connectivity index (χ1n) is 12.1. The maximum atomic E-state index is 13.8. The molecular formula is C27H34F2N4O. The third-order valence-corrected chi connectivity index (χ3v) is 5.80. The minimum Gasteiger partial charge on any atom is -0.371 e. The van der Waals surface area contributed by atoms with Gasteiger partial charge in [0.2, 0.25) is 5.95 Å². The number of aromatic nitrogens is 2. The van der Waals surface area contributed by atoms with Crippen LogP contribution in [0.4, 0.5) is 26.1 Å². The summed E-state index contributed by atoms with van der Waals surface area (Å²) in [6, 6.07) is 9.66. The highest BCUT2D eigenvalue weighted by Gasteiger charge is 2.15. The second-order valence-electron chi connectivity index (χ2n) is 8.37. The summed E-state index contributed by atoms with van der Waals surface area (Å²) in [4.78, 5) is 19.2. The van der Waals surface area contributed by atoms with Gasteiger partial charge >= 0.3 is 0 Å². The van der Waals surface area contributed by atoms with Gasteiger partial charge in [0.1, 0.15) is 11.6 Å². The Labute approximate surface area is 200 Å². The zero-order chi connectivity index (χ0) is 24.7. The molecule has 7 heteroatoms. The van der Waals surface area contributed by atoms with Gasteiger partial charge in [0.15, 0.2) is 0 Å². The van der Waals surface area contributed by atoms with Crippen molar-refractivity contribution in [3.05, 3.63) is 81.3 Å². The molecule has 0 bridgehead atoms. The van der Waals surface area contributed by atoms with E-state index in [1.165, 1.54) is 25.0 Å². The summed E-state index contributed by atoms with van der Waals surface area (Å²) >= 11 is 0. The molecule has 1 aliphatic heterocycles. The van der Waals surface area contributed by atoms with Gasteiger partial charge in [0.25, 0.3) is 5.56 Å². The monoisotopic (exact) mass is 468 g/mol. The molecule has 1 aromatic heterocycles. The summed E-state index contributed by atoms with van der Waals surface area (Å²) < 4.78 is 29.3. The van der Waals surface area contributed by atoms with E-state index in [4.69, 9.17) is 0 Å². The molecule has 0 atom stereocenters. The predicted molar refractivity (Wildman–Crippen MR) is 135 cm³/mol. The Hall–Kier alpha value is -3.22. The molecule has 0 amide bonds. The molecule has 0 aliphatic carbocycles. The number of rotatable bonds is 7. The molecule has 1 aliphatic rings. The first-order chi connectivity index (χ1) is 16.4. The predicted octanol–water partition coefficient (Wildman–Crippen LogP) is 6.20. The van der Waals surface area contributed by atoms with Crippen LogP contribution in [0.5, 0.6) is 0 Å². The fraction of sp³-hybridized carbons (Fsp3) is 0.407. The third-order valence-electron chi connectivity index (χ3n) is 5.80. The average molecular weight is 469 g/mol. The first-order valence-corrected chi connectivity index (χ1v) is 12.1. The lowest BCUT2D eigenvalue weighted by atomic mass is 10.1. The van der Waals surface area contributed by atoms with Gasteiger partial charge < -0.3 is 14.8 Å². The van der Waals surface area contributed by atoms with E-state index in [9.17, 15) is 13.6 Å². The van der Waals surface area contributed by atoms with Crippen molar-refractivity contribution < 1.29 is 8.78 Å². The van der Waals surface area contributed by atoms with Crippen LogP contribution in [0.1, 0.15) is 56.7 Å². The van der Waals surface area contributed by atoms with Gasteiger partial charge in [-0.05, 0) is 61.6 Å². The van der Waals surface area contributed by atoms with Crippen LogP contribution in [0.15, 0.2) is 47.4 Å². The van der Waals surface area contributed by atoms with E-state index in [1.54, 1.807) is 10.8 Å². The summed E-state index contributed by atoms with van der Waals surface area (Å²) in [5, 5.41) is 3.30. The van der Waals surface area contributed by atoms with Crippen molar-refractivity contribution in [1.82, 2.24) is 9.55 Å². The Bertz CT molecular complexity index is 1150. The molecule has 0 unspecified atom stereocenters. The molecule has 3 aromatic rings. The standard InChI is InChI=1S/C25H28F2N4O.C2H6/c1-3-6-19-16-31(15-18-11-20(26)13-21(27)12-18)25(29-24(19)32)28-23-14-22(8-7-17(23)2)30-9-4-5-10-30;1-2/h7-8,11-14,16H,3-6,9-10,15H2,1-2H3,(H,28,29,32);1-2H3. The molecule has 4 rings (SSSR count). The van der Waals surface area contributed by atoms with E-state index in [0.29, 0.717) is 23.5 Å². The molecule has 5 nitrogen and oxygen atoms in total. The van der Waals surface area contributed by atoms with Crippen LogP contribution in [0, 0.1) is 18.6 Å². The highest BCUT2D eigenvalue weighted by molar-refractivity contribution is 5.66. The Kier molecular flexibility index (Phi) is 8.79. The van der Waals surface area contributed by atoms with Crippen LogP contribution < -0.4 is 15.8 Å². The Morgan fingerprint density at radius 3 is 2.35 bits per heavy atom. The summed E-state index contributed by atoms with van der Waals surface area (Å²) in [6.45, 7) is 10.2. The number of hydrogen-bond acceptors (Lipinski definition) is 4. The van der Waals surface area contributed by atoms with E-state index < -0.39 is 11.6 Å². The highest BCUT2D eigenvalue weighted by atomic mass is 19.1. The number of benzene rings is 2. The number of anilines is 3. The van der Waals surface area contributed by atoms with Crippen LogP contribution in [0.3, 0.4) is 0 Å². The Morgan fingerprint density at radius 2 is 1.71 bits per heavy atom. The average Bonchev–Trinajstić information content (AvgIpc) is 3.34. The van der Waals surface area contributed by atoms with Crippen molar-refractivity contribution in [1.29, 1.82) is 0 Å². The number of aryl methyl sites for hydroxylation is 2. The maximum Gasteiger partial charge on any atom is 0.277 e. The lowest BCUT2D eigenvalue weighted by Gasteiger charge is -2.21. The van der Waals surface area contributed by atoms with Crippen LogP contribution in [-0.4, -0.2) is 22.6 Å². The van der Waals surface area contributed by atoms with Crippen LogP contribution in [0.2, 0.25) is 0 Å². The van der Waals surface area contributed by atoms with E-state index in [2.05, 4.69) is 27.3 Å². The molecule has 182 valence electrons. The van der Waals surface area contributed by atoms with E-state index in [1.807, 2.05) is 33.8 Å². The van der Waals surface area contributed by atoms with Crippen molar-refractivity contribution in [2.75, 3.05) is 23.3 Å². The molecule has 0 radical (unpaired) electrons. The molecule has 0 spiro atoms.